The molecule has 3 rings (SSSR count). The number of nitrogens with zero attached hydrogens (tertiary/aromatic N) is 1. The number of nitrogens with one attached hydrogen (secondary N) is 1. The van der Waals surface area contributed by atoms with E-state index < -0.39 is 0 Å². The minimum atomic E-state index is 0.218. The van der Waals surface area contributed by atoms with E-state index in [9.17, 15) is 4.79 Å². The monoisotopic (exact) mass is 250 g/mol. The normalized spacial score (nSPS) is 23.9. The summed E-state index contributed by atoms with van der Waals surface area (Å²) in [6.07, 6.45) is 3.59. The fourth-order valence-corrected chi connectivity index (χ4v) is 3.47. The predicted octanol–water partition coefficient (Wildman–Crippen LogP) is 2.06. The van der Waals surface area contributed by atoms with Crippen molar-refractivity contribution in [3.05, 3.63) is 21.9 Å². The van der Waals surface area contributed by atoms with Crippen LogP contribution in [0.3, 0.4) is 0 Å². The fraction of sp³-hybridized carbons (Fsp3) is 0.615. The van der Waals surface area contributed by atoms with Crippen LogP contribution in [0.2, 0.25) is 0 Å². The Hall–Kier alpha value is -0.870. The van der Waals surface area contributed by atoms with Gasteiger partial charge in [0.1, 0.15) is 0 Å². The van der Waals surface area contributed by atoms with Gasteiger partial charge in [-0.3, -0.25) is 4.79 Å². The van der Waals surface area contributed by atoms with Crippen molar-refractivity contribution in [3.63, 3.8) is 0 Å². The van der Waals surface area contributed by atoms with Crippen molar-refractivity contribution in [1.82, 2.24) is 10.2 Å². The van der Waals surface area contributed by atoms with Crippen LogP contribution in [0, 0.1) is 0 Å². The van der Waals surface area contributed by atoms with Crippen LogP contribution in [0.1, 0.15) is 40.4 Å². The quantitative estimate of drug-likeness (QED) is 0.890. The minimum Gasteiger partial charge on any atom is -0.337 e. The number of likely N-dealkylation sites (N-methyl/N-ethyl adjacent to an activating group) is 1. The SMILES string of the molecule is CN(C(=O)c1sccc1C1CC1)C1CCNC1. The Morgan fingerprint density at radius 3 is 2.94 bits per heavy atom. The predicted molar refractivity (Wildman–Crippen MR) is 69.7 cm³/mol. The molecule has 1 N–H and O–H groups in total. The Bertz CT molecular complexity index is 419. The van der Waals surface area contributed by atoms with Gasteiger partial charge in [0, 0.05) is 19.6 Å². The lowest BCUT2D eigenvalue weighted by molar-refractivity contribution is 0.0747. The van der Waals surface area contributed by atoms with Gasteiger partial charge in [-0.25, -0.2) is 0 Å². The molecule has 1 aliphatic heterocycles. The summed E-state index contributed by atoms with van der Waals surface area (Å²) < 4.78 is 0. The Morgan fingerprint density at radius 1 is 1.47 bits per heavy atom. The summed E-state index contributed by atoms with van der Waals surface area (Å²) in [4.78, 5) is 15.4. The van der Waals surface area contributed by atoms with Crippen molar-refractivity contribution >= 4 is 17.2 Å². The number of amides is 1. The first-order valence-electron chi connectivity index (χ1n) is 6.32. The van der Waals surface area contributed by atoms with Crippen molar-refractivity contribution in [1.29, 1.82) is 0 Å². The zero-order chi connectivity index (χ0) is 11.8. The van der Waals surface area contributed by atoms with Crippen LogP contribution in [0.5, 0.6) is 0 Å². The molecule has 0 spiro atoms. The van der Waals surface area contributed by atoms with Crippen LogP contribution in [0.25, 0.3) is 0 Å². The largest absolute Gasteiger partial charge is 0.337 e. The molecule has 2 heterocycles. The minimum absolute atomic E-state index is 0.218. The number of hydrogen-bond donors (Lipinski definition) is 1. The van der Waals surface area contributed by atoms with E-state index in [2.05, 4.69) is 16.8 Å². The lowest BCUT2D eigenvalue weighted by Gasteiger charge is -2.23. The summed E-state index contributed by atoms with van der Waals surface area (Å²) in [5.41, 5.74) is 1.29. The molecule has 17 heavy (non-hydrogen) atoms. The third-order valence-corrected chi connectivity index (χ3v) is 4.73. The highest BCUT2D eigenvalue weighted by atomic mass is 32.1. The molecular formula is C13H18N2OS. The smallest absolute Gasteiger partial charge is 0.264 e. The van der Waals surface area contributed by atoms with E-state index in [0.29, 0.717) is 12.0 Å². The average molecular weight is 250 g/mol. The molecule has 92 valence electrons. The van der Waals surface area contributed by atoms with Gasteiger partial charge in [-0.2, -0.15) is 0 Å². The van der Waals surface area contributed by atoms with Crippen LogP contribution >= 0.6 is 11.3 Å². The Balaban J connectivity index is 1.77. The van der Waals surface area contributed by atoms with Gasteiger partial charge in [-0.05, 0) is 48.7 Å². The topological polar surface area (TPSA) is 32.3 Å². The number of rotatable bonds is 3. The molecule has 2 aliphatic rings. The Kier molecular flexibility index (Phi) is 2.92. The van der Waals surface area contributed by atoms with Crippen molar-refractivity contribution in [2.45, 2.75) is 31.2 Å². The second-order valence-electron chi connectivity index (χ2n) is 5.04. The van der Waals surface area contributed by atoms with Crippen molar-refractivity contribution in [2.24, 2.45) is 0 Å². The Labute approximate surface area is 106 Å². The summed E-state index contributed by atoms with van der Waals surface area (Å²) in [5, 5.41) is 5.37. The highest BCUT2D eigenvalue weighted by Crippen LogP contribution is 2.43. The third-order valence-electron chi connectivity index (χ3n) is 3.81. The molecule has 1 atom stereocenters. The number of hydrogen-bond acceptors (Lipinski definition) is 3. The van der Waals surface area contributed by atoms with E-state index in [-0.39, 0.29) is 5.91 Å². The molecule has 4 heteroatoms. The van der Waals surface area contributed by atoms with Gasteiger partial charge in [0.15, 0.2) is 0 Å². The first-order chi connectivity index (χ1) is 8.27. The van der Waals surface area contributed by atoms with Gasteiger partial charge in [-0.1, -0.05) is 0 Å². The molecule has 1 aliphatic carbocycles. The average Bonchev–Trinajstić information content (AvgIpc) is 2.86. The second-order valence-corrected chi connectivity index (χ2v) is 5.96. The van der Waals surface area contributed by atoms with Crippen molar-refractivity contribution in [2.75, 3.05) is 20.1 Å². The zero-order valence-corrected chi connectivity index (χ0v) is 10.9. The van der Waals surface area contributed by atoms with Gasteiger partial charge in [0.25, 0.3) is 5.91 Å². The van der Waals surface area contributed by atoms with E-state index >= 15 is 0 Å². The van der Waals surface area contributed by atoms with Gasteiger partial charge in [0.2, 0.25) is 0 Å². The first kappa shape index (κ1) is 11.2. The molecular weight excluding hydrogens is 232 g/mol. The van der Waals surface area contributed by atoms with Crippen molar-refractivity contribution in [3.8, 4) is 0 Å². The van der Waals surface area contributed by atoms with E-state index in [0.717, 1.165) is 24.4 Å². The van der Waals surface area contributed by atoms with Gasteiger partial charge >= 0.3 is 0 Å². The van der Waals surface area contributed by atoms with Crippen LogP contribution in [-0.2, 0) is 0 Å². The molecule has 1 saturated heterocycles. The summed E-state index contributed by atoms with van der Waals surface area (Å²) in [6.45, 7) is 1.97. The van der Waals surface area contributed by atoms with E-state index in [1.807, 2.05) is 11.9 Å². The molecule has 3 nitrogen and oxygen atoms in total. The van der Waals surface area contributed by atoms with Crippen molar-refractivity contribution < 1.29 is 4.79 Å². The molecule has 2 fully saturated rings. The highest BCUT2D eigenvalue weighted by molar-refractivity contribution is 7.12. The molecule has 1 unspecified atom stereocenters. The third kappa shape index (κ3) is 2.11. The van der Waals surface area contributed by atoms with Crippen LogP contribution in [0.15, 0.2) is 11.4 Å². The van der Waals surface area contributed by atoms with E-state index in [4.69, 9.17) is 0 Å². The van der Waals surface area contributed by atoms with E-state index in [1.165, 1.54) is 18.4 Å². The fourth-order valence-electron chi connectivity index (χ4n) is 2.50. The summed E-state index contributed by atoms with van der Waals surface area (Å²) in [7, 11) is 1.94. The maximum absolute atomic E-state index is 12.5. The number of carbonyl (C=O) groups excluding carboxylic acids is 1. The maximum Gasteiger partial charge on any atom is 0.264 e. The van der Waals surface area contributed by atoms with Gasteiger partial charge in [0.05, 0.1) is 4.88 Å². The summed E-state index contributed by atoms with van der Waals surface area (Å²) >= 11 is 1.60. The zero-order valence-electron chi connectivity index (χ0n) is 10.1. The molecule has 1 amide bonds. The summed E-state index contributed by atoms with van der Waals surface area (Å²) in [5.74, 6) is 0.880. The standard InChI is InChI=1S/C13H18N2OS/c1-15(10-4-6-14-8-10)13(16)12-11(5-7-17-12)9-2-3-9/h5,7,9-10,14H,2-4,6,8H2,1H3. The molecule has 1 aromatic rings. The molecule has 1 saturated carbocycles. The van der Waals surface area contributed by atoms with Crippen LogP contribution in [0.4, 0.5) is 0 Å². The Morgan fingerprint density at radius 2 is 2.29 bits per heavy atom. The van der Waals surface area contributed by atoms with Gasteiger partial charge < -0.3 is 10.2 Å². The molecule has 0 radical (unpaired) electrons. The van der Waals surface area contributed by atoms with Gasteiger partial charge in [-0.15, -0.1) is 11.3 Å². The summed E-state index contributed by atoms with van der Waals surface area (Å²) in [6, 6.07) is 2.51. The number of thiophene rings is 1. The van der Waals surface area contributed by atoms with Crippen LogP contribution in [-0.4, -0.2) is 37.0 Å². The molecule has 1 aromatic heterocycles. The second kappa shape index (κ2) is 4.42. The molecule has 0 bridgehead atoms. The van der Waals surface area contributed by atoms with E-state index in [1.54, 1.807) is 11.3 Å². The highest BCUT2D eigenvalue weighted by Gasteiger charge is 2.31. The maximum atomic E-state index is 12.5. The number of carbonyl (C=O) groups is 1. The first-order valence-corrected chi connectivity index (χ1v) is 7.20. The van der Waals surface area contributed by atoms with Crippen LogP contribution < -0.4 is 5.32 Å². The lowest BCUT2D eigenvalue weighted by Crippen LogP contribution is -2.38. The lowest BCUT2D eigenvalue weighted by atomic mass is 10.1. The molecule has 0 aromatic carbocycles.